The third-order valence-corrected chi connectivity index (χ3v) is 3.51. The van der Waals surface area contributed by atoms with Gasteiger partial charge in [-0.25, -0.2) is 15.0 Å². The van der Waals surface area contributed by atoms with Gasteiger partial charge in [-0.1, -0.05) is 0 Å². The van der Waals surface area contributed by atoms with Gasteiger partial charge in [0.2, 0.25) is 5.82 Å². The molecule has 2 aromatic heterocycles. The van der Waals surface area contributed by atoms with E-state index in [0.29, 0.717) is 11.4 Å². The summed E-state index contributed by atoms with van der Waals surface area (Å²) in [4.78, 5) is 23.1. The number of nitrogens with one attached hydrogen (secondary N) is 1. The van der Waals surface area contributed by atoms with Crippen LogP contribution in [0.5, 0.6) is 0 Å². The molecule has 2 heterocycles. The van der Waals surface area contributed by atoms with Crippen LogP contribution in [0.3, 0.4) is 0 Å². The van der Waals surface area contributed by atoms with E-state index in [2.05, 4.69) is 15.0 Å². The Bertz CT molecular complexity index is 656. The van der Waals surface area contributed by atoms with Crippen molar-refractivity contribution in [1.29, 1.82) is 0 Å². The van der Waals surface area contributed by atoms with E-state index in [1.165, 1.54) is 11.6 Å². The molecule has 0 radical (unpaired) electrons. The number of carbonyl (C=O) groups is 1. The molecule has 0 aliphatic heterocycles. The molecular formula is C12H11F3N4OS. The standard InChI is InChI=1S/C12H11F3N4OS/c1-6-3-4-16-9(17-6)10(20)19-8(12(13,14)15)11-18-7(2)5-21-11/h3-5,8H,1-2H3,(H,19,20). The predicted molar refractivity (Wildman–Crippen MR) is 69.9 cm³/mol. The number of aryl methyl sites for hydroxylation is 2. The molecule has 0 aromatic carbocycles. The number of thiazole rings is 1. The van der Waals surface area contributed by atoms with E-state index in [9.17, 15) is 18.0 Å². The second-order valence-electron chi connectivity index (χ2n) is 4.30. The van der Waals surface area contributed by atoms with E-state index in [1.807, 2.05) is 5.32 Å². The second-order valence-corrected chi connectivity index (χ2v) is 5.19. The molecule has 112 valence electrons. The van der Waals surface area contributed by atoms with Crippen molar-refractivity contribution < 1.29 is 18.0 Å². The molecule has 2 aromatic rings. The summed E-state index contributed by atoms with van der Waals surface area (Å²) in [6, 6.07) is -0.629. The lowest BCUT2D eigenvalue weighted by Gasteiger charge is -2.19. The molecule has 0 aliphatic carbocycles. The van der Waals surface area contributed by atoms with Gasteiger partial charge in [0.25, 0.3) is 5.91 Å². The van der Waals surface area contributed by atoms with Crippen LogP contribution in [0.15, 0.2) is 17.6 Å². The molecule has 1 unspecified atom stereocenters. The van der Waals surface area contributed by atoms with Gasteiger partial charge in [-0.05, 0) is 19.9 Å². The first-order chi connectivity index (χ1) is 9.77. The lowest BCUT2D eigenvalue weighted by Crippen LogP contribution is -2.38. The van der Waals surface area contributed by atoms with Gasteiger partial charge in [0, 0.05) is 23.0 Å². The first kappa shape index (κ1) is 15.4. The third kappa shape index (κ3) is 3.75. The molecule has 1 amide bonds. The summed E-state index contributed by atoms with van der Waals surface area (Å²) in [5, 5.41) is 3.16. The number of aromatic nitrogens is 3. The van der Waals surface area contributed by atoms with Gasteiger partial charge in [-0.2, -0.15) is 13.2 Å². The van der Waals surface area contributed by atoms with Crippen molar-refractivity contribution in [3.8, 4) is 0 Å². The molecule has 21 heavy (non-hydrogen) atoms. The van der Waals surface area contributed by atoms with Crippen molar-refractivity contribution in [3.05, 3.63) is 39.9 Å². The van der Waals surface area contributed by atoms with Crippen molar-refractivity contribution in [2.24, 2.45) is 0 Å². The summed E-state index contributed by atoms with van der Waals surface area (Å²) in [5.41, 5.74) is 0.953. The van der Waals surface area contributed by atoms with E-state index in [4.69, 9.17) is 0 Å². The fourth-order valence-electron chi connectivity index (χ4n) is 1.54. The van der Waals surface area contributed by atoms with Gasteiger partial charge in [0.05, 0.1) is 0 Å². The van der Waals surface area contributed by atoms with Crippen LogP contribution >= 0.6 is 11.3 Å². The van der Waals surface area contributed by atoms with E-state index in [-0.39, 0.29) is 10.8 Å². The number of alkyl halides is 3. The van der Waals surface area contributed by atoms with Gasteiger partial charge in [0.15, 0.2) is 6.04 Å². The molecule has 1 atom stereocenters. The van der Waals surface area contributed by atoms with Gasteiger partial charge in [-0.15, -0.1) is 11.3 Å². The summed E-state index contributed by atoms with van der Waals surface area (Å²) >= 11 is 0.838. The molecule has 0 bridgehead atoms. The number of halogens is 3. The van der Waals surface area contributed by atoms with Crippen LogP contribution in [-0.4, -0.2) is 27.0 Å². The Morgan fingerprint density at radius 2 is 2.00 bits per heavy atom. The fourth-order valence-corrected chi connectivity index (χ4v) is 2.41. The fraction of sp³-hybridized carbons (Fsp3) is 0.333. The Labute approximate surface area is 122 Å². The Morgan fingerprint density at radius 1 is 1.29 bits per heavy atom. The molecule has 0 saturated carbocycles. The molecule has 0 fully saturated rings. The van der Waals surface area contributed by atoms with E-state index in [1.54, 1.807) is 19.9 Å². The highest BCUT2D eigenvalue weighted by atomic mass is 32.1. The summed E-state index contributed by atoms with van der Waals surface area (Å²) in [5.74, 6) is -1.30. The Balaban J connectivity index is 2.26. The van der Waals surface area contributed by atoms with Crippen LogP contribution in [0.2, 0.25) is 0 Å². The smallest absolute Gasteiger partial charge is 0.332 e. The average molecular weight is 316 g/mol. The molecule has 2 rings (SSSR count). The van der Waals surface area contributed by atoms with Crippen molar-refractivity contribution in [2.45, 2.75) is 26.1 Å². The zero-order valence-corrected chi connectivity index (χ0v) is 11.9. The maximum absolute atomic E-state index is 13.1. The molecule has 5 nitrogen and oxygen atoms in total. The number of carbonyl (C=O) groups excluding carboxylic acids is 1. The minimum atomic E-state index is -4.65. The first-order valence-corrected chi connectivity index (χ1v) is 6.74. The van der Waals surface area contributed by atoms with Crippen LogP contribution in [-0.2, 0) is 0 Å². The Morgan fingerprint density at radius 3 is 2.52 bits per heavy atom. The highest BCUT2D eigenvalue weighted by Gasteiger charge is 2.44. The number of hydrogen-bond donors (Lipinski definition) is 1. The maximum atomic E-state index is 13.1. The zero-order chi connectivity index (χ0) is 15.6. The topological polar surface area (TPSA) is 67.8 Å². The van der Waals surface area contributed by atoms with Gasteiger partial charge in [-0.3, -0.25) is 4.79 Å². The molecular weight excluding hydrogens is 305 g/mol. The second kappa shape index (κ2) is 5.76. The highest BCUT2D eigenvalue weighted by molar-refractivity contribution is 7.09. The number of nitrogens with zero attached hydrogens (tertiary/aromatic N) is 3. The van der Waals surface area contributed by atoms with Crippen LogP contribution in [0, 0.1) is 13.8 Å². The first-order valence-electron chi connectivity index (χ1n) is 5.86. The Kier molecular flexibility index (Phi) is 4.21. The summed E-state index contributed by atoms with van der Waals surface area (Å²) in [7, 11) is 0. The molecule has 0 spiro atoms. The minimum absolute atomic E-state index is 0.221. The molecule has 9 heteroatoms. The largest absolute Gasteiger partial charge is 0.415 e. The molecule has 1 N–H and O–H groups in total. The normalized spacial score (nSPS) is 13.0. The molecule has 0 saturated heterocycles. The highest BCUT2D eigenvalue weighted by Crippen LogP contribution is 2.34. The third-order valence-electron chi connectivity index (χ3n) is 2.48. The van der Waals surface area contributed by atoms with Gasteiger partial charge in [0.1, 0.15) is 5.01 Å². The lowest BCUT2D eigenvalue weighted by molar-refractivity contribution is -0.155. The van der Waals surface area contributed by atoms with E-state index < -0.39 is 18.1 Å². The zero-order valence-electron chi connectivity index (χ0n) is 11.1. The van der Waals surface area contributed by atoms with Gasteiger partial charge >= 0.3 is 6.18 Å². The van der Waals surface area contributed by atoms with E-state index >= 15 is 0 Å². The van der Waals surface area contributed by atoms with Crippen LogP contribution < -0.4 is 5.32 Å². The van der Waals surface area contributed by atoms with Crippen molar-refractivity contribution in [1.82, 2.24) is 20.3 Å². The minimum Gasteiger partial charge on any atom is -0.332 e. The van der Waals surface area contributed by atoms with Crippen molar-refractivity contribution in [2.75, 3.05) is 0 Å². The number of amides is 1. The SMILES string of the molecule is Cc1ccnc(C(=O)NC(c2nc(C)cs2)C(F)(F)F)n1. The summed E-state index contributed by atoms with van der Waals surface area (Å²) < 4.78 is 39.2. The molecule has 0 aliphatic rings. The quantitative estimate of drug-likeness (QED) is 0.945. The predicted octanol–water partition coefficient (Wildman–Crippen LogP) is 2.58. The lowest BCUT2D eigenvalue weighted by atomic mass is 10.3. The maximum Gasteiger partial charge on any atom is 0.415 e. The summed E-state index contributed by atoms with van der Waals surface area (Å²) in [6.07, 6.45) is -3.34. The van der Waals surface area contributed by atoms with Gasteiger partial charge < -0.3 is 5.32 Å². The summed E-state index contributed by atoms with van der Waals surface area (Å²) in [6.45, 7) is 3.20. The average Bonchev–Trinajstić information content (AvgIpc) is 2.80. The Hall–Kier alpha value is -2.03. The number of hydrogen-bond acceptors (Lipinski definition) is 5. The van der Waals surface area contributed by atoms with Crippen molar-refractivity contribution in [3.63, 3.8) is 0 Å². The monoisotopic (exact) mass is 316 g/mol. The van der Waals surface area contributed by atoms with Crippen LogP contribution in [0.1, 0.15) is 33.1 Å². The van der Waals surface area contributed by atoms with Crippen LogP contribution in [0.4, 0.5) is 13.2 Å². The van der Waals surface area contributed by atoms with Crippen LogP contribution in [0.25, 0.3) is 0 Å². The number of rotatable bonds is 3. The van der Waals surface area contributed by atoms with Crippen molar-refractivity contribution >= 4 is 17.2 Å². The van der Waals surface area contributed by atoms with E-state index in [0.717, 1.165) is 11.3 Å².